The minimum Gasteiger partial charge on any atom is -0.484 e. The molecule has 1 saturated carbocycles. The molecule has 146 valence electrons. The van der Waals surface area contributed by atoms with Crippen molar-refractivity contribution >= 4 is 0 Å². The molecule has 6 heteroatoms. The Morgan fingerprint density at radius 2 is 2.30 bits per heavy atom. The van der Waals surface area contributed by atoms with Gasteiger partial charge in [0.2, 0.25) is 0 Å². The second-order valence-corrected chi connectivity index (χ2v) is 8.37. The summed E-state index contributed by atoms with van der Waals surface area (Å²) in [6.07, 6.45) is 4.82. The number of hydrogen-bond acceptors (Lipinski definition) is 6. The minimum atomic E-state index is -0.840. The van der Waals surface area contributed by atoms with Gasteiger partial charge in [-0.2, -0.15) is 0 Å². The Bertz CT molecular complexity index is 784. The molecule has 2 heterocycles. The summed E-state index contributed by atoms with van der Waals surface area (Å²) >= 11 is 0. The van der Waals surface area contributed by atoms with E-state index in [4.69, 9.17) is 19.9 Å². The van der Waals surface area contributed by atoms with Gasteiger partial charge in [0, 0.05) is 31.3 Å². The summed E-state index contributed by atoms with van der Waals surface area (Å²) in [5.41, 5.74) is 7.62. The van der Waals surface area contributed by atoms with E-state index in [1.54, 1.807) is 7.11 Å². The number of methoxy groups -OCH3 is 1. The van der Waals surface area contributed by atoms with Crippen LogP contribution in [0.25, 0.3) is 0 Å². The number of benzene rings is 1. The molecule has 27 heavy (non-hydrogen) atoms. The molecule has 2 fully saturated rings. The van der Waals surface area contributed by atoms with Gasteiger partial charge in [0.15, 0.2) is 18.3 Å². The lowest BCUT2D eigenvalue weighted by Gasteiger charge is -2.63. The van der Waals surface area contributed by atoms with Gasteiger partial charge in [0.1, 0.15) is 6.10 Å². The van der Waals surface area contributed by atoms with Crippen molar-refractivity contribution in [1.29, 1.82) is 0 Å². The van der Waals surface area contributed by atoms with Crippen molar-refractivity contribution < 1.29 is 19.3 Å². The first-order valence-corrected chi connectivity index (χ1v) is 9.84. The highest BCUT2D eigenvalue weighted by Gasteiger charge is 2.72. The predicted octanol–water partition coefficient (Wildman–Crippen LogP) is 1.34. The van der Waals surface area contributed by atoms with Crippen molar-refractivity contribution in [2.24, 2.45) is 5.73 Å². The highest BCUT2D eigenvalue weighted by molar-refractivity contribution is 5.63. The second-order valence-electron chi connectivity index (χ2n) is 8.37. The summed E-state index contributed by atoms with van der Waals surface area (Å²) < 4.78 is 17.3. The molecule has 5 atom stereocenters. The lowest BCUT2D eigenvalue weighted by atomic mass is 9.48. The zero-order valence-electron chi connectivity index (χ0n) is 15.8. The molecular formula is C21H28N2O4. The molecule has 4 aliphatic rings. The van der Waals surface area contributed by atoms with Crippen LogP contribution in [0.15, 0.2) is 24.8 Å². The summed E-state index contributed by atoms with van der Waals surface area (Å²) in [7, 11) is 1.60. The van der Waals surface area contributed by atoms with Crippen LogP contribution >= 0.6 is 0 Å². The summed E-state index contributed by atoms with van der Waals surface area (Å²) in [6, 6.07) is 4.06. The minimum absolute atomic E-state index is 0.0621. The molecule has 2 aliphatic carbocycles. The maximum absolute atomic E-state index is 12.1. The molecule has 1 spiro atoms. The van der Waals surface area contributed by atoms with Crippen molar-refractivity contribution in [2.45, 2.75) is 54.9 Å². The molecule has 2 bridgehead atoms. The Balaban J connectivity index is 1.70. The van der Waals surface area contributed by atoms with Gasteiger partial charge in [-0.25, -0.2) is 0 Å². The molecule has 1 unspecified atom stereocenters. The lowest BCUT2D eigenvalue weighted by molar-refractivity contribution is -0.187. The maximum atomic E-state index is 12.1. The molecule has 2 aliphatic heterocycles. The monoisotopic (exact) mass is 372 g/mol. The Morgan fingerprint density at radius 3 is 3.07 bits per heavy atom. The number of nitrogens with zero attached hydrogens (tertiary/aromatic N) is 1. The van der Waals surface area contributed by atoms with Gasteiger partial charge in [0.25, 0.3) is 0 Å². The third kappa shape index (κ3) is 2.04. The van der Waals surface area contributed by atoms with Crippen LogP contribution in [0.4, 0.5) is 0 Å². The van der Waals surface area contributed by atoms with Crippen LogP contribution in [-0.2, 0) is 16.6 Å². The predicted molar refractivity (Wildman–Crippen MR) is 101 cm³/mol. The third-order valence-electron chi connectivity index (χ3n) is 7.30. The zero-order valence-corrected chi connectivity index (χ0v) is 15.8. The molecular weight excluding hydrogens is 344 g/mol. The van der Waals surface area contributed by atoms with Gasteiger partial charge in [-0.15, -0.1) is 6.58 Å². The van der Waals surface area contributed by atoms with Gasteiger partial charge in [-0.05, 0) is 43.9 Å². The summed E-state index contributed by atoms with van der Waals surface area (Å²) in [5, 5.41) is 12.1. The van der Waals surface area contributed by atoms with E-state index in [0.29, 0.717) is 12.2 Å². The molecule has 3 N–H and O–H groups in total. The first-order valence-electron chi connectivity index (χ1n) is 9.84. The van der Waals surface area contributed by atoms with E-state index in [1.807, 2.05) is 12.1 Å². The van der Waals surface area contributed by atoms with Gasteiger partial charge in [-0.1, -0.05) is 12.1 Å². The van der Waals surface area contributed by atoms with Crippen LogP contribution in [0.2, 0.25) is 0 Å². The Kier molecular flexibility index (Phi) is 3.85. The van der Waals surface area contributed by atoms with E-state index < -0.39 is 11.0 Å². The van der Waals surface area contributed by atoms with E-state index in [2.05, 4.69) is 17.5 Å². The number of nitrogens with two attached hydrogens (primary N) is 1. The maximum Gasteiger partial charge on any atom is 0.188 e. The topological polar surface area (TPSA) is 77.2 Å². The number of piperidine rings is 1. The Morgan fingerprint density at radius 1 is 1.44 bits per heavy atom. The van der Waals surface area contributed by atoms with E-state index in [-0.39, 0.29) is 25.0 Å². The number of hydrogen-bond donors (Lipinski definition) is 2. The van der Waals surface area contributed by atoms with Crippen molar-refractivity contribution in [3.63, 3.8) is 0 Å². The fourth-order valence-corrected chi connectivity index (χ4v) is 6.28. The molecule has 1 saturated heterocycles. The highest BCUT2D eigenvalue weighted by Crippen LogP contribution is 2.65. The van der Waals surface area contributed by atoms with Crippen LogP contribution in [0.5, 0.6) is 11.5 Å². The molecule has 1 aromatic carbocycles. The molecule has 5 rings (SSSR count). The zero-order chi connectivity index (χ0) is 18.8. The van der Waals surface area contributed by atoms with Crippen LogP contribution in [-0.4, -0.2) is 60.8 Å². The molecule has 0 aromatic heterocycles. The third-order valence-corrected chi connectivity index (χ3v) is 7.30. The SMILES string of the molecule is C=CCN1CC[C@]23c4c5ccc(OCOC)c4O[C@H]2[C@H](N)CCC3(O)[C@H]1C5. The lowest BCUT2D eigenvalue weighted by Crippen LogP contribution is -2.77. The first kappa shape index (κ1) is 17.5. The van der Waals surface area contributed by atoms with Crippen molar-refractivity contribution in [1.82, 2.24) is 4.90 Å². The van der Waals surface area contributed by atoms with Crippen LogP contribution < -0.4 is 15.2 Å². The Hall–Kier alpha value is -1.60. The van der Waals surface area contributed by atoms with E-state index >= 15 is 0 Å². The average Bonchev–Trinajstić information content (AvgIpc) is 3.01. The average molecular weight is 372 g/mol. The van der Waals surface area contributed by atoms with Gasteiger partial charge in [-0.3, -0.25) is 4.90 Å². The Labute approximate surface area is 159 Å². The number of rotatable bonds is 5. The second kappa shape index (κ2) is 5.95. The largest absolute Gasteiger partial charge is 0.484 e. The smallest absolute Gasteiger partial charge is 0.188 e. The summed E-state index contributed by atoms with van der Waals surface area (Å²) in [5.74, 6) is 1.45. The number of ether oxygens (including phenoxy) is 3. The van der Waals surface area contributed by atoms with Crippen molar-refractivity contribution in [3.8, 4) is 11.5 Å². The van der Waals surface area contributed by atoms with Crippen LogP contribution in [0.1, 0.15) is 30.4 Å². The fourth-order valence-electron chi connectivity index (χ4n) is 6.28. The molecule has 0 amide bonds. The summed E-state index contributed by atoms with van der Waals surface area (Å²) in [4.78, 5) is 2.38. The van der Waals surface area contributed by atoms with E-state index in [0.717, 1.165) is 43.7 Å². The molecule has 0 radical (unpaired) electrons. The first-order chi connectivity index (χ1) is 13.1. The molecule has 6 nitrogen and oxygen atoms in total. The van der Waals surface area contributed by atoms with Gasteiger partial charge in [0.05, 0.1) is 11.0 Å². The molecule has 1 aromatic rings. The van der Waals surface area contributed by atoms with Gasteiger partial charge < -0.3 is 25.1 Å². The highest BCUT2D eigenvalue weighted by atomic mass is 16.7. The van der Waals surface area contributed by atoms with Gasteiger partial charge >= 0.3 is 0 Å². The van der Waals surface area contributed by atoms with E-state index in [1.165, 1.54) is 5.56 Å². The normalized spacial score (nSPS) is 38.9. The standard InChI is InChI=1S/C21H28N2O4/c1-3-9-23-10-8-20-17-13-4-5-15(26-12-25-2)18(17)27-19(20)14(22)6-7-21(20,24)16(23)11-13/h3-5,14,16,19,24H,1,6-12,22H2,2H3/t14-,16-,19+,20+,21?/m1/s1. The van der Waals surface area contributed by atoms with Crippen molar-refractivity contribution in [3.05, 3.63) is 35.9 Å². The number of likely N-dealkylation sites (tertiary alicyclic amines) is 1. The van der Waals surface area contributed by atoms with Crippen molar-refractivity contribution in [2.75, 3.05) is 27.0 Å². The number of aliphatic hydroxyl groups is 1. The van der Waals surface area contributed by atoms with Crippen LogP contribution in [0.3, 0.4) is 0 Å². The van der Waals surface area contributed by atoms with Crippen LogP contribution in [0, 0.1) is 0 Å². The quantitative estimate of drug-likeness (QED) is 0.600. The fraction of sp³-hybridized carbons (Fsp3) is 0.619. The summed E-state index contributed by atoms with van der Waals surface area (Å²) in [6.45, 7) is 5.78. The van der Waals surface area contributed by atoms with E-state index in [9.17, 15) is 5.11 Å².